The number of hydrogen-bond donors (Lipinski definition) is 2. The molecule has 2 N–H and O–H groups in total. The average molecular weight is 312 g/mol. The first-order chi connectivity index (χ1) is 9.89. The third-order valence-electron chi connectivity index (χ3n) is 3.17. The maximum Gasteiger partial charge on any atom is 0.240 e. The summed E-state index contributed by atoms with van der Waals surface area (Å²) < 4.78 is 26.8. The van der Waals surface area contributed by atoms with Crippen molar-refractivity contribution in [3.63, 3.8) is 0 Å². The molecular weight excluding hydrogens is 288 g/mol. The van der Waals surface area contributed by atoms with Crippen LogP contribution >= 0.6 is 0 Å². The van der Waals surface area contributed by atoms with Crippen molar-refractivity contribution < 1.29 is 13.2 Å². The number of rotatable bonds is 8. The molecule has 0 aliphatic carbocycles. The van der Waals surface area contributed by atoms with Crippen molar-refractivity contribution >= 4 is 21.6 Å². The molecular formula is C15H24N2O3S. The lowest BCUT2D eigenvalue weighted by atomic mass is 10.2. The molecule has 6 heteroatoms. The molecule has 1 atom stereocenters. The zero-order valence-corrected chi connectivity index (χ0v) is 13.7. The van der Waals surface area contributed by atoms with E-state index in [0.717, 1.165) is 19.3 Å². The molecule has 0 aromatic heterocycles. The van der Waals surface area contributed by atoms with Gasteiger partial charge in [0.1, 0.15) is 0 Å². The third-order valence-corrected chi connectivity index (χ3v) is 4.78. The maximum atomic E-state index is 12.1. The van der Waals surface area contributed by atoms with Gasteiger partial charge in [-0.3, -0.25) is 4.79 Å². The predicted octanol–water partition coefficient (Wildman–Crippen LogP) is 2.89. The van der Waals surface area contributed by atoms with Crippen molar-refractivity contribution in [2.45, 2.75) is 57.4 Å². The van der Waals surface area contributed by atoms with Gasteiger partial charge in [0.05, 0.1) is 4.90 Å². The van der Waals surface area contributed by atoms with Gasteiger partial charge >= 0.3 is 0 Å². The third kappa shape index (κ3) is 5.85. The highest BCUT2D eigenvalue weighted by atomic mass is 32.2. The molecule has 0 aliphatic rings. The van der Waals surface area contributed by atoms with Crippen molar-refractivity contribution in [1.29, 1.82) is 0 Å². The Balaban J connectivity index is 2.71. The van der Waals surface area contributed by atoms with Gasteiger partial charge in [-0.2, -0.15) is 0 Å². The van der Waals surface area contributed by atoms with Gasteiger partial charge in [0.2, 0.25) is 15.9 Å². The second kappa shape index (κ2) is 8.14. The zero-order valence-electron chi connectivity index (χ0n) is 12.8. The summed E-state index contributed by atoms with van der Waals surface area (Å²) in [5.41, 5.74) is 0.610. The van der Waals surface area contributed by atoms with Crippen LogP contribution in [0.3, 0.4) is 0 Å². The summed E-state index contributed by atoms with van der Waals surface area (Å²) in [5.74, 6) is -0.0508. The largest absolute Gasteiger partial charge is 0.326 e. The van der Waals surface area contributed by atoms with Crippen LogP contribution in [-0.4, -0.2) is 20.4 Å². The first kappa shape index (κ1) is 17.7. The minimum atomic E-state index is -3.49. The summed E-state index contributed by atoms with van der Waals surface area (Å²) >= 11 is 0. The fourth-order valence-corrected chi connectivity index (χ4v) is 3.02. The quantitative estimate of drug-likeness (QED) is 0.775. The van der Waals surface area contributed by atoms with Gasteiger partial charge < -0.3 is 5.32 Å². The normalized spacial score (nSPS) is 12.9. The summed E-state index contributed by atoms with van der Waals surface area (Å²) in [6, 6.07) is 6.10. The molecule has 118 valence electrons. The Morgan fingerprint density at radius 1 is 1.19 bits per heavy atom. The number of amides is 1. The Kier molecular flexibility index (Phi) is 6.84. The highest BCUT2D eigenvalue weighted by molar-refractivity contribution is 7.89. The summed E-state index contributed by atoms with van der Waals surface area (Å²) in [6.45, 7) is 5.76. The average Bonchev–Trinajstić information content (AvgIpc) is 2.45. The first-order valence-electron chi connectivity index (χ1n) is 7.31. The Morgan fingerprint density at radius 2 is 1.81 bits per heavy atom. The SMILES string of the molecule is CCCCC(=O)Nc1ccc(S(=O)(=O)N[C@H](C)CC)cc1. The number of carbonyl (C=O) groups is 1. The fourth-order valence-electron chi connectivity index (χ4n) is 1.69. The molecule has 5 nitrogen and oxygen atoms in total. The molecule has 1 rings (SSSR count). The Hall–Kier alpha value is -1.40. The van der Waals surface area contributed by atoms with Crippen LogP contribution in [0.15, 0.2) is 29.2 Å². The molecule has 0 radical (unpaired) electrons. The lowest BCUT2D eigenvalue weighted by Crippen LogP contribution is -2.31. The zero-order chi connectivity index (χ0) is 15.9. The second-order valence-corrected chi connectivity index (χ2v) is 6.82. The molecule has 0 fully saturated rings. The van der Waals surface area contributed by atoms with Crippen LogP contribution in [0.2, 0.25) is 0 Å². The van der Waals surface area contributed by atoms with Crippen molar-refractivity contribution in [3.8, 4) is 0 Å². The van der Waals surface area contributed by atoms with Crippen LogP contribution in [0, 0.1) is 0 Å². The van der Waals surface area contributed by atoms with Gasteiger partial charge in [-0.05, 0) is 44.0 Å². The van der Waals surface area contributed by atoms with E-state index in [2.05, 4.69) is 10.0 Å². The van der Waals surface area contributed by atoms with Crippen LogP contribution in [0.4, 0.5) is 5.69 Å². The number of unbranched alkanes of at least 4 members (excludes halogenated alkanes) is 1. The predicted molar refractivity (Wildman–Crippen MR) is 84.7 cm³/mol. The molecule has 1 amide bonds. The van der Waals surface area contributed by atoms with Gasteiger partial charge in [-0.25, -0.2) is 13.1 Å². The molecule has 0 unspecified atom stereocenters. The van der Waals surface area contributed by atoms with E-state index >= 15 is 0 Å². The van der Waals surface area contributed by atoms with Crippen LogP contribution < -0.4 is 10.0 Å². The minimum Gasteiger partial charge on any atom is -0.326 e. The van der Waals surface area contributed by atoms with Gasteiger partial charge in [-0.15, -0.1) is 0 Å². The molecule has 1 aromatic rings. The van der Waals surface area contributed by atoms with Crippen LogP contribution in [0.25, 0.3) is 0 Å². The van der Waals surface area contributed by atoms with Crippen LogP contribution in [0.5, 0.6) is 0 Å². The standard InChI is InChI=1S/C15H24N2O3S/c1-4-6-7-15(18)16-13-8-10-14(11-9-13)21(19,20)17-12(3)5-2/h8-12,17H,4-7H2,1-3H3,(H,16,18)/t12-/m1/s1. The van der Waals surface area contributed by atoms with Crippen LogP contribution in [0.1, 0.15) is 46.5 Å². The second-order valence-electron chi connectivity index (χ2n) is 5.11. The monoisotopic (exact) mass is 312 g/mol. The Bertz CT molecular complexity index is 553. The molecule has 0 bridgehead atoms. The van der Waals surface area contributed by atoms with E-state index in [9.17, 15) is 13.2 Å². The maximum absolute atomic E-state index is 12.1. The summed E-state index contributed by atoms with van der Waals surface area (Å²) in [6.07, 6.45) is 3.01. The van der Waals surface area contributed by atoms with Crippen molar-refractivity contribution in [1.82, 2.24) is 4.72 Å². The molecule has 0 spiro atoms. The molecule has 0 heterocycles. The van der Waals surface area contributed by atoms with E-state index in [1.54, 1.807) is 12.1 Å². The number of hydrogen-bond acceptors (Lipinski definition) is 3. The minimum absolute atomic E-state index is 0.0508. The number of anilines is 1. The van der Waals surface area contributed by atoms with E-state index in [-0.39, 0.29) is 16.8 Å². The van der Waals surface area contributed by atoms with E-state index in [4.69, 9.17) is 0 Å². The Labute approximate surface area is 127 Å². The first-order valence-corrected chi connectivity index (χ1v) is 8.79. The molecule has 0 saturated heterocycles. The highest BCUT2D eigenvalue weighted by Crippen LogP contribution is 2.15. The molecule has 21 heavy (non-hydrogen) atoms. The van der Waals surface area contributed by atoms with E-state index in [1.165, 1.54) is 12.1 Å². The van der Waals surface area contributed by atoms with Gasteiger partial charge in [0, 0.05) is 18.2 Å². The van der Waals surface area contributed by atoms with Crippen molar-refractivity contribution in [3.05, 3.63) is 24.3 Å². The number of benzene rings is 1. The van der Waals surface area contributed by atoms with Gasteiger partial charge in [0.15, 0.2) is 0 Å². The van der Waals surface area contributed by atoms with Gasteiger partial charge in [-0.1, -0.05) is 20.3 Å². The number of carbonyl (C=O) groups excluding carboxylic acids is 1. The fraction of sp³-hybridized carbons (Fsp3) is 0.533. The van der Waals surface area contributed by atoms with E-state index in [1.807, 2.05) is 20.8 Å². The summed E-state index contributed by atoms with van der Waals surface area (Å²) in [7, 11) is -3.49. The molecule has 0 aliphatic heterocycles. The summed E-state index contributed by atoms with van der Waals surface area (Å²) in [5, 5.41) is 2.75. The summed E-state index contributed by atoms with van der Waals surface area (Å²) in [4.78, 5) is 11.8. The molecule has 1 aromatic carbocycles. The van der Waals surface area contributed by atoms with Gasteiger partial charge in [0.25, 0.3) is 0 Å². The topological polar surface area (TPSA) is 75.3 Å². The number of nitrogens with one attached hydrogen (secondary N) is 2. The van der Waals surface area contributed by atoms with Crippen molar-refractivity contribution in [2.24, 2.45) is 0 Å². The Morgan fingerprint density at radius 3 is 2.33 bits per heavy atom. The van der Waals surface area contributed by atoms with E-state index < -0.39 is 10.0 Å². The lowest BCUT2D eigenvalue weighted by molar-refractivity contribution is -0.116. The molecule has 0 saturated carbocycles. The lowest BCUT2D eigenvalue weighted by Gasteiger charge is -2.12. The van der Waals surface area contributed by atoms with Crippen molar-refractivity contribution in [2.75, 3.05) is 5.32 Å². The number of sulfonamides is 1. The smallest absolute Gasteiger partial charge is 0.240 e. The highest BCUT2D eigenvalue weighted by Gasteiger charge is 2.16. The van der Waals surface area contributed by atoms with Crippen LogP contribution in [-0.2, 0) is 14.8 Å². The van der Waals surface area contributed by atoms with E-state index in [0.29, 0.717) is 12.1 Å².